The molecular formula is C28H28N6O5S. The first-order valence-electron chi connectivity index (χ1n) is 12.6. The van der Waals surface area contributed by atoms with Crippen molar-refractivity contribution in [2.24, 2.45) is 0 Å². The van der Waals surface area contributed by atoms with Gasteiger partial charge in [0.1, 0.15) is 0 Å². The summed E-state index contributed by atoms with van der Waals surface area (Å²) in [4.78, 5) is 41.1. The molecule has 12 heteroatoms. The molecule has 1 amide bonds. The van der Waals surface area contributed by atoms with E-state index in [2.05, 4.69) is 24.9 Å². The van der Waals surface area contributed by atoms with Gasteiger partial charge in [0, 0.05) is 53.7 Å². The molecule has 1 unspecified atom stereocenters. The van der Waals surface area contributed by atoms with Gasteiger partial charge in [0.15, 0.2) is 6.10 Å². The van der Waals surface area contributed by atoms with E-state index in [-0.39, 0.29) is 10.8 Å². The monoisotopic (exact) mass is 560 g/mol. The lowest BCUT2D eigenvalue weighted by atomic mass is 9.96. The number of anilines is 2. The average Bonchev–Trinajstić information content (AvgIpc) is 2.91. The Morgan fingerprint density at radius 1 is 1.05 bits per heavy atom. The highest BCUT2D eigenvalue weighted by atomic mass is 32.2. The minimum absolute atomic E-state index is 0.0330. The molecule has 0 aliphatic carbocycles. The summed E-state index contributed by atoms with van der Waals surface area (Å²) in [5.41, 5.74) is 3.75. The van der Waals surface area contributed by atoms with Crippen LogP contribution in [0.1, 0.15) is 34.2 Å². The second-order valence-corrected chi connectivity index (χ2v) is 11.3. The third-order valence-corrected chi connectivity index (χ3v) is 7.89. The summed E-state index contributed by atoms with van der Waals surface area (Å²) in [7, 11) is -1.95. The number of likely N-dealkylation sites (N-methyl/N-ethyl adjacent to an activating group) is 1. The molecule has 40 heavy (non-hydrogen) atoms. The van der Waals surface area contributed by atoms with E-state index >= 15 is 0 Å². The number of fused-ring (bicyclic) bond motifs is 2. The fourth-order valence-electron chi connectivity index (χ4n) is 4.47. The van der Waals surface area contributed by atoms with Crippen LogP contribution in [0.25, 0.3) is 10.9 Å². The highest BCUT2D eigenvalue weighted by Gasteiger charge is 2.28. The maximum absolute atomic E-state index is 13.4. The van der Waals surface area contributed by atoms with Crippen LogP contribution in [0, 0.1) is 6.92 Å². The fraction of sp³-hybridized carbons (Fsp3) is 0.250. The molecule has 4 aromatic rings. The van der Waals surface area contributed by atoms with Gasteiger partial charge in [-0.25, -0.2) is 27.9 Å². The van der Waals surface area contributed by atoms with Crippen molar-refractivity contribution >= 4 is 44.4 Å². The van der Waals surface area contributed by atoms with Crippen molar-refractivity contribution in [2.75, 3.05) is 23.6 Å². The van der Waals surface area contributed by atoms with E-state index in [4.69, 9.17) is 9.72 Å². The molecule has 0 saturated carbocycles. The Morgan fingerprint density at radius 2 is 1.80 bits per heavy atom. The number of carbonyl (C=O) groups excluding carboxylic acids is 2. The van der Waals surface area contributed by atoms with Gasteiger partial charge >= 0.3 is 5.97 Å². The molecule has 11 nitrogen and oxygen atoms in total. The molecule has 2 aromatic heterocycles. The van der Waals surface area contributed by atoms with Crippen molar-refractivity contribution in [3.05, 3.63) is 83.3 Å². The number of aromatic nitrogens is 3. The number of nitrogens with one attached hydrogen (secondary N) is 2. The Hall–Kier alpha value is -4.42. The van der Waals surface area contributed by atoms with Crippen LogP contribution in [0.4, 0.5) is 11.6 Å². The molecule has 5 rings (SSSR count). The van der Waals surface area contributed by atoms with Crippen molar-refractivity contribution in [1.29, 1.82) is 0 Å². The molecule has 1 aliphatic rings. The molecule has 1 aliphatic heterocycles. The molecule has 0 saturated heterocycles. The number of hydrogen-bond donors (Lipinski definition) is 2. The molecular weight excluding hydrogens is 532 g/mol. The van der Waals surface area contributed by atoms with Gasteiger partial charge in [-0.3, -0.25) is 9.78 Å². The van der Waals surface area contributed by atoms with Crippen molar-refractivity contribution in [1.82, 2.24) is 19.9 Å². The number of benzene rings is 2. The maximum atomic E-state index is 13.4. The van der Waals surface area contributed by atoms with E-state index in [0.717, 1.165) is 17.8 Å². The minimum Gasteiger partial charge on any atom is -0.449 e. The van der Waals surface area contributed by atoms with E-state index in [9.17, 15) is 18.0 Å². The highest BCUT2D eigenvalue weighted by Crippen LogP contribution is 2.29. The van der Waals surface area contributed by atoms with Gasteiger partial charge in [-0.1, -0.05) is 18.2 Å². The normalized spacial score (nSPS) is 14.3. The quantitative estimate of drug-likeness (QED) is 0.325. The van der Waals surface area contributed by atoms with Crippen LogP contribution >= 0.6 is 0 Å². The molecule has 0 spiro atoms. The van der Waals surface area contributed by atoms with E-state index < -0.39 is 28.0 Å². The van der Waals surface area contributed by atoms with Crippen LogP contribution in [-0.4, -0.2) is 59.8 Å². The largest absolute Gasteiger partial charge is 0.449 e. The van der Waals surface area contributed by atoms with E-state index in [1.807, 2.05) is 31.3 Å². The fourth-order valence-corrected chi connectivity index (χ4v) is 5.42. The molecule has 206 valence electrons. The molecule has 0 bridgehead atoms. The predicted molar refractivity (Wildman–Crippen MR) is 149 cm³/mol. The third-order valence-electron chi connectivity index (χ3n) is 6.55. The zero-order valence-corrected chi connectivity index (χ0v) is 23.0. The molecule has 1 atom stereocenters. The Bertz CT molecular complexity index is 1710. The number of hydrogen-bond acceptors (Lipinski definition) is 9. The number of aryl methyl sites for hydroxylation is 1. The molecule has 0 radical (unpaired) electrons. The Morgan fingerprint density at radius 3 is 2.55 bits per heavy atom. The number of carbonyl (C=O) groups is 2. The first-order valence-corrected chi connectivity index (χ1v) is 14.1. The van der Waals surface area contributed by atoms with Gasteiger partial charge in [-0.15, -0.1) is 0 Å². The Kier molecular flexibility index (Phi) is 7.46. The van der Waals surface area contributed by atoms with Crippen molar-refractivity contribution < 1.29 is 22.7 Å². The van der Waals surface area contributed by atoms with Crippen molar-refractivity contribution in [3.63, 3.8) is 0 Å². The van der Waals surface area contributed by atoms with Crippen LogP contribution in [0.15, 0.2) is 65.7 Å². The zero-order chi connectivity index (χ0) is 28.4. The standard InChI is InChI=1S/C28H28N6O5S/c1-17-12-14-29-28(30-17)33-40(37,38)20-10-8-19(9-11-20)31-26(35)18(2)39-27(36)25-21-6-4-5-7-23(21)32-24-13-15-34(3)16-22(24)25/h4-12,14,18H,13,15-16H2,1-3H3,(H,31,35)(H,29,30,33). The summed E-state index contributed by atoms with van der Waals surface area (Å²) in [6.07, 6.45) is 1.06. The SMILES string of the molecule is Cc1ccnc(NS(=O)(=O)c2ccc(NC(=O)C(C)OC(=O)c3c4c(nc5ccccc35)CCN(C)C4)cc2)n1. The number of pyridine rings is 1. The van der Waals surface area contributed by atoms with Crippen LogP contribution < -0.4 is 10.0 Å². The van der Waals surface area contributed by atoms with Gasteiger partial charge in [0.05, 0.1) is 16.0 Å². The van der Waals surface area contributed by atoms with Gasteiger partial charge in [-0.05, 0) is 57.3 Å². The smallest absolute Gasteiger partial charge is 0.339 e. The van der Waals surface area contributed by atoms with E-state index in [0.29, 0.717) is 40.8 Å². The van der Waals surface area contributed by atoms with Gasteiger partial charge in [0.2, 0.25) is 5.95 Å². The Balaban J connectivity index is 1.28. The van der Waals surface area contributed by atoms with Gasteiger partial charge in [0.25, 0.3) is 15.9 Å². The zero-order valence-electron chi connectivity index (χ0n) is 22.2. The van der Waals surface area contributed by atoms with Crippen LogP contribution in [0.3, 0.4) is 0 Å². The average molecular weight is 561 g/mol. The van der Waals surface area contributed by atoms with E-state index in [1.54, 1.807) is 13.0 Å². The summed E-state index contributed by atoms with van der Waals surface area (Å²) in [6, 6.07) is 14.6. The number of para-hydroxylation sites is 1. The second-order valence-electron chi connectivity index (χ2n) is 9.61. The number of nitrogens with zero attached hydrogens (tertiary/aromatic N) is 4. The lowest BCUT2D eigenvalue weighted by Crippen LogP contribution is -2.32. The second kappa shape index (κ2) is 11.0. The number of rotatable bonds is 7. The predicted octanol–water partition coefficient (Wildman–Crippen LogP) is 3.31. The lowest BCUT2D eigenvalue weighted by molar-refractivity contribution is -0.123. The van der Waals surface area contributed by atoms with E-state index in [1.165, 1.54) is 37.4 Å². The first-order chi connectivity index (χ1) is 19.1. The molecule has 2 N–H and O–H groups in total. The topological polar surface area (TPSA) is 143 Å². The molecule has 3 heterocycles. The summed E-state index contributed by atoms with van der Waals surface area (Å²) < 4.78 is 33.3. The third kappa shape index (κ3) is 5.77. The number of esters is 1. The van der Waals surface area contributed by atoms with Gasteiger partial charge in [-0.2, -0.15) is 0 Å². The summed E-state index contributed by atoms with van der Waals surface area (Å²) in [5.74, 6) is -1.19. The van der Waals surface area contributed by atoms with Crippen LogP contribution in [0.5, 0.6) is 0 Å². The molecule has 2 aromatic carbocycles. The summed E-state index contributed by atoms with van der Waals surface area (Å²) >= 11 is 0. The van der Waals surface area contributed by atoms with Gasteiger partial charge < -0.3 is 15.0 Å². The Labute approximate surface area is 231 Å². The number of amides is 1. The lowest BCUT2D eigenvalue weighted by Gasteiger charge is -2.27. The number of ether oxygens (including phenoxy) is 1. The van der Waals surface area contributed by atoms with Crippen LogP contribution in [-0.2, 0) is 32.5 Å². The van der Waals surface area contributed by atoms with Crippen molar-refractivity contribution in [2.45, 2.75) is 37.8 Å². The van der Waals surface area contributed by atoms with Crippen LogP contribution in [0.2, 0.25) is 0 Å². The maximum Gasteiger partial charge on any atom is 0.339 e. The first kappa shape index (κ1) is 27.2. The number of sulfonamides is 1. The van der Waals surface area contributed by atoms with Crippen molar-refractivity contribution in [3.8, 4) is 0 Å². The highest BCUT2D eigenvalue weighted by molar-refractivity contribution is 7.92. The summed E-state index contributed by atoms with van der Waals surface area (Å²) in [5, 5.41) is 3.34. The summed E-state index contributed by atoms with van der Waals surface area (Å²) in [6.45, 7) is 4.60. The molecule has 0 fully saturated rings. The minimum atomic E-state index is -3.93.